The van der Waals surface area contributed by atoms with E-state index < -0.39 is 0 Å². The van der Waals surface area contributed by atoms with Crippen molar-refractivity contribution in [2.45, 2.75) is 32.7 Å². The largest absolute Gasteiger partial charge is 0.461 e. The molecule has 0 saturated carbocycles. The van der Waals surface area contributed by atoms with Crippen LogP contribution in [0, 0.1) is 0 Å². The Labute approximate surface area is 117 Å². The third-order valence-corrected chi connectivity index (χ3v) is 2.91. The summed E-state index contributed by atoms with van der Waals surface area (Å²) in [6.07, 6.45) is 3.07. The van der Waals surface area contributed by atoms with E-state index in [2.05, 4.69) is 25.8 Å². The van der Waals surface area contributed by atoms with Crippen LogP contribution in [0.3, 0.4) is 0 Å². The summed E-state index contributed by atoms with van der Waals surface area (Å²) >= 11 is 0. The van der Waals surface area contributed by atoms with E-state index in [-0.39, 0.29) is 12.1 Å². The van der Waals surface area contributed by atoms with Gasteiger partial charge in [0.15, 0.2) is 5.76 Å². The van der Waals surface area contributed by atoms with Gasteiger partial charge in [-0.05, 0) is 25.5 Å². The first-order valence-corrected chi connectivity index (χ1v) is 6.68. The highest BCUT2D eigenvalue weighted by molar-refractivity contribution is 5.74. The molecule has 7 nitrogen and oxygen atoms in total. The zero-order chi connectivity index (χ0) is 14.4. The molecular weight excluding hydrogens is 258 g/mol. The van der Waals surface area contributed by atoms with Gasteiger partial charge in [-0.2, -0.15) is 5.10 Å². The number of hydrogen-bond donors (Lipinski definition) is 3. The molecule has 2 heterocycles. The molecular formula is C13H19N5O2. The Kier molecular flexibility index (Phi) is 4.75. The number of hydrogen-bond acceptors (Lipinski definition) is 4. The monoisotopic (exact) mass is 277 g/mol. The van der Waals surface area contributed by atoms with Gasteiger partial charge in [0.05, 0.1) is 6.26 Å². The number of aromatic nitrogens is 3. The molecule has 0 saturated heterocycles. The van der Waals surface area contributed by atoms with Crippen molar-refractivity contribution in [3.8, 4) is 11.6 Å². The Morgan fingerprint density at radius 2 is 2.40 bits per heavy atom. The quantitative estimate of drug-likeness (QED) is 0.749. The van der Waals surface area contributed by atoms with Gasteiger partial charge in [-0.25, -0.2) is 9.78 Å². The second kappa shape index (κ2) is 6.74. The highest BCUT2D eigenvalue weighted by Gasteiger charge is 2.09. The van der Waals surface area contributed by atoms with Crippen LogP contribution in [0.1, 0.15) is 26.1 Å². The van der Waals surface area contributed by atoms with Gasteiger partial charge in [-0.1, -0.05) is 6.92 Å². The molecule has 2 rings (SSSR count). The van der Waals surface area contributed by atoms with E-state index in [9.17, 15) is 4.79 Å². The van der Waals surface area contributed by atoms with Gasteiger partial charge in [-0.3, -0.25) is 5.10 Å². The summed E-state index contributed by atoms with van der Waals surface area (Å²) in [5.41, 5.74) is 0. The number of rotatable bonds is 6. The second-order valence-electron chi connectivity index (χ2n) is 4.54. The predicted molar refractivity (Wildman–Crippen MR) is 74.1 cm³/mol. The minimum atomic E-state index is -0.162. The summed E-state index contributed by atoms with van der Waals surface area (Å²) in [4.78, 5) is 15.8. The van der Waals surface area contributed by atoms with Crippen LogP contribution < -0.4 is 10.6 Å². The number of nitrogens with one attached hydrogen (secondary N) is 3. The van der Waals surface area contributed by atoms with Crippen LogP contribution in [0.5, 0.6) is 0 Å². The van der Waals surface area contributed by atoms with Gasteiger partial charge in [0.1, 0.15) is 5.82 Å². The number of carbonyl (C=O) groups excluding carboxylic acids is 1. The number of carbonyl (C=O) groups is 1. The third kappa shape index (κ3) is 3.84. The minimum Gasteiger partial charge on any atom is -0.461 e. The number of H-pyrrole nitrogens is 1. The van der Waals surface area contributed by atoms with Crippen LogP contribution in [-0.2, 0) is 6.42 Å². The number of furan rings is 1. The fourth-order valence-electron chi connectivity index (χ4n) is 1.59. The van der Waals surface area contributed by atoms with Crippen LogP contribution in [0.4, 0.5) is 4.79 Å². The molecule has 3 N–H and O–H groups in total. The average molecular weight is 277 g/mol. The number of aromatic amines is 1. The van der Waals surface area contributed by atoms with Crippen LogP contribution in [0.25, 0.3) is 11.6 Å². The SMILES string of the molecule is CC[C@@H](C)NC(=O)NCCc1nc(-c2ccco2)n[nH]1. The maximum absolute atomic E-state index is 11.5. The minimum absolute atomic E-state index is 0.162. The molecule has 108 valence electrons. The van der Waals surface area contributed by atoms with Crippen molar-refractivity contribution in [2.24, 2.45) is 0 Å². The predicted octanol–water partition coefficient (Wildman–Crippen LogP) is 1.70. The first kappa shape index (κ1) is 14.1. The lowest BCUT2D eigenvalue weighted by Gasteiger charge is -2.11. The number of urea groups is 1. The van der Waals surface area contributed by atoms with Crippen molar-refractivity contribution >= 4 is 6.03 Å². The van der Waals surface area contributed by atoms with E-state index >= 15 is 0 Å². The fourth-order valence-corrected chi connectivity index (χ4v) is 1.59. The first-order chi connectivity index (χ1) is 9.69. The molecule has 7 heteroatoms. The van der Waals surface area contributed by atoms with E-state index in [0.29, 0.717) is 30.4 Å². The first-order valence-electron chi connectivity index (χ1n) is 6.68. The molecule has 0 radical (unpaired) electrons. The highest BCUT2D eigenvalue weighted by Crippen LogP contribution is 2.14. The van der Waals surface area contributed by atoms with Crippen LogP contribution in [-0.4, -0.2) is 33.8 Å². The van der Waals surface area contributed by atoms with E-state index in [1.54, 1.807) is 18.4 Å². The van der Waals surface area contributed by atoms with Gasteiger partial charge in [0.25, 0.3) is 0 Å². The Bertz CT molecular complexity index is 535. The van der Waals surface area contributed by atoms with E-state index in [0.717, 1.165) is 6.42 Å². The lowest BCUT2D eigenvalue weighted by Crippen LogP contribution is -2.41. The fraction of sp³-hybridized carbons (Fsp3) is 0.462. The summed E-state index contributed by atoms with van der Waals surface area (Å²) in [6, 6.07) is 3.59. The van der Waals surface area contributed by atoms with Crippen LogP contribution in [0.2, 0.25) is 0 Å². The van der Waals surface area contributed by atoms with Gasteiger partial charge in [0, 0.05) is 19.0 Å². The van der Waals surface area contributed by atoms with Crippen molar-refractivity contribution in [3.05, 3.63) is 24.2 Å². The summed E-state index contributed by atoms with van der Waals surface area (Å²) in [7, 11) is 0. The molecule has 0 aliphatic heterocycles. The Morgan fingerprint density at radius 3 is 3.10 bits per heavy atom. The van der Waals surface area contributed by atoms with Gasteiger partial charge in [0.2, 0.25) is 5.82 Å². The zero-order valence-corrected chi connectivity index (χ0v) is 11.6. The van der Waals surface area contributed by atoms with Gasteiger partial charge in [-0.15, -0.1) is 0 Å². The van der Waals surface area contributed by atoms with Crippen molar-refractivity contribution in [2.75, 3.05) is 6.54 Å². The zero-order valence-electron chi connectivity index (χ0n) is 11.6. The molecule has 2 amide bonds. The van der Waals surface area contributed by atoms with E-state index in [4.69, 9.17) is 4.42 Å². The topological polar surface area (TPSA) is 95.8 Å². The Balaban J connectivity index is 1.76. The molecule has 0 unspecified atom stereocenters. The lowest BCUT2D eigenvalue weighted by atomic mass is 10.3. The molecule has 0 aliphatic rings. The summed E-state index contributed by atoms with van der Waals surface area (Å²) < 4.78 is 5.21. The second-order valence-corrected chi connectivity index (χ2v) is 4.54. The van der Waals surface area contributed by atoms with Crippen LogP contribution >= 0.6 is 0 Å². The van der Waals surface area contributed by atoms with Gasteiger partial charge < -0.3 is 15.1 Å². The summed E-state index contributed by atoms with van der Waals surface area (Å²) in [5.74, 6) is 1.85. The maximum Gasteiger partial charge on any atom is 0.315 e. The summed E-state index contributed by atoms with van der Waals surface area (Å²) in [6.45, 7) is 4.48. The van der Waals surface area contributed by atoms with Crippen molar-refractivity contribution in [1.29, 1.82) is 0 Å². The highest BCUT2D eigenvalue weighted by atomic mass is 16.3. The standard InChI is InChI=1S/C13H19N5O2/c1-3-9(2)15-13(19)14-7-6-11-16-12(18-17-11)10-5-4-8-20-10/h4-5,8-9H,3,6-7H2,1-2H3,(H2,14,15,19)(H,16,17,18)/t9-/m1/s1. The Hall–Kier alpha value is -2.31. The molecule has 0 aromatic carbocycles. The van der Waals surface area contributed by atoms with Crippen LogP contribution in [0.15, 0.2) is 22.8 Å². The molecule has 0 bridgehead atoms. The number of amides is 2. The van der Waals surface area contributed by atoms with Gasteiger partial charge >= 0.3 is 6.03 Å². The molecule has 2 aromatic heterocycles. The third-order valence-electron chi connectivity index (χ3n) is 2.91. The van der Waals surface area contributed by atoms with E-state index in [1.165, 1.54) is 0 Å². The molecule has 0 fully saturated rings. The lowest BCUT2D eigenvalue weighted by molar-refractivity contribution is 0.237. The Morgan fingerprint density at radius 1 is 1.55 bits per heavy atom. The summed E-state index contributed by atoms with van der Waals surface area (Å²) in [5, 5.41) is 12.5. The molecule has 20 heavy (non-hydrogen) atoms. The average Bonchev–Trinajstić information content (AvgIpc) is 3.08. The molecule has 1 atom stereocenters. The van der Waals surface area contributed by atoms with Crippen molar-refractivity contribution < 1.29 is 9.21 Å². The maximum atomic E-state index is 11.5. The molecule has 2 aromatic rings. The molecule has 0 spiro atoms. The number of nitrogens with zero attached hydrogens (tertiary/aromatic N) is 2. The normalized spacial score (nSPS) is 12.1. The van der Waals surface area contributed by atoms with Crippen molar-refractivity contribution in [1.82, 2.24) is 25.8 Å². The molecule has 0 aliphatic carbocycles. The van der Waals surface area contributed by atoms with E-state index in [1.807, 2.05) is 13.8 Å². The van der Waals surface area contributed by atoms with Crippen molar-refractivity contribution in [3.63, 3.8) is 0 Å². The smallest absolute Gasteiger partial charge is 0.315 e.